The lowest BCUT2D eigenvalue weighted by Crippen LogP contribution is -2.27. The highest BCUT2D eigenvalue weighted by atomic mass is 35.5. The molecule has 7 nitrogen and oxygen atoms in total. The highest BCUT2D eigenvalue weighted by Gasteiger charge is 2.29. The van der Waals surface area contributed by atoms with E-state index in [1.54, 1.807) is 21.4 Å². The van der Waals surface area contributed by atoms with Gasteiger partial charge in [-0.05, 0) is 49.2 Å². The zero-order valence-corrected chi connectivity index (χ0v) is 19.1. The Morgan fingerprint density at radius 2 is 2.09 bits per heavy atom. The third kappa shape index (κ3) is 3.69. The van der Waals surface area contributed by atoms with Crippen molar-refractivity contribution < 1.29 is 4.79 Å². The summed E-state index contributed by atoms with van der Waals surface area (Å²) >= 11 is 7.59. The van der Waals surface area contributed by atoms with Crippen LogP contribution in [0.3, 0.4) is 0 Å². The van der Waals surface area contributed by atoms with E-state index >= 15 is 0 Å². The number of amides is 1. The Balaban J connectivity index is 1.45. The number of aryl methyl sites for hydroxylation is 2. The van der Waals surface area contributed by atoms with E-state index < -0.39 is 0 Å². The second kappa shape index (κ2) is 8.11. The number of nitrogens with one attached hydrogen (secondary N) is 1. The number of aromatic nitrogens is 4. The predicted molar refractivity (Wildman–Crippen MR) is 127 cm³/mol. The number of fused-ring (bicyclic) bond motifs is 2. The number of nitrogens with zero attached hydrogens (tertiary/aromatic N) is 4. The Labute approximate surface area is 193 Å². The normalized spacial score (nSPS) is 15.2. The van der Waals surface area contributed by atoms with Gasteiger partial charge < -0.3 is 5.32 Å². The Kier molecular flexibility index (Phi) is 5.27. The van der Waals surface area contributed by atoms with Gasteiger partial charge in [0.25, 0.3) is 5.56 Å². The standard InChI is InChI=1S/C23H20ClN5O2S/c1-13-6-7-14(2)19(8-13)26-20(30)10-17-12-32-23-27-21-18(22(31)28(17)23)11-25-29(21)16-5-3-4-15(24)9-16/h3-9,11,17H,10,12H2,1-2H3,(H,26,30). The average molecular weight is 466 g/mol. The first kappa shape index (κ1) is 20.8. The third-order valence-electron chi connectivity index (χ3n) is 5.51. The fourth-order valence-electron chi connectivity index (χ4n) is 3.86. The molecule has 2 aromatic carbocycles. The zero-order chi connectivity index (χ0) is 22.4. The SMILES string of the molecule is Cc1ccc(C)c(NC(=O)CC2CSc3nc4c(cnn4-c4cccc(Cl)c4)c(=O)n32)c1. The number of hydrogen-bond donors (Lipinski definition) is 1. The average Bonchev–Trinajstić information content (AvgIpc) is 3.36. The Bertz CT molecular complexity index is 1430. The summed E-state index contributed by atoms with van der Waals surface area (Å²) in [5.74, 6) is 0.485. The molecule has 1 aliphatic heterocycles. The molecule has 5 rings (SSSR count). The topological polar surface area (TPSA) is 81.8 Å². The molecule has 1 aliphatic rings. The van der Waals surface area contributed by atoms with Crippen LogP contribution < -0.4 is 10.9 Å². The molecule has 9 heteroatoms. The molecule has 4 aromatic rings. The van der Waals surface area contributed by atoms with Crippen LogP contribution in [-0.4, -0.2) is 31.0 Å². The summed E-state index contributed by atoms with van der Waals surface area (Å²) in [5, 5.41) is 8.93. The van der Waals surface area contributed by atoms with Crippen molar-refractivity contribution in [1.29, 1.82) is 0 Å². The van der Waals surface area contributed by atoms with E-state index in [9.17, 15) is 9.59 Å². The molecule has 1 atom stereocenters. The molecule has 0 spiro atoms. The van der Waals surface area contributed by atoms with Crippen LogP contribution >= 0.6 is 23.4 Å². The molecule has 0 aliphatic carbocycles. The van der Waals surface area contributed by atoms with Gasteiger partial charge in [-0.2, -0.15) is 5.10 Å². The third-order valence-corrected chi connectivity index (χ3v) is 6.84. The molecule has 0 bridgehead atoms. The zero-order valence-electron chi connectivity index (χ0n) is 17.5. The van der Waals surface area contributed by atoms with Crippen molar-refractivity contribution in [2.45, 2.75) is 31.5 Å². The van der Waals surface area contributed by atoms with Crippen molar-refractivity contribution in [2.75, 3.05) is 11.1 Å². The number of hydrogen-bond acceptors (Lipinski definition) is 5. The predicted octanol–water partition coefficient (Wildman–Crippen LogP) is 4.53. The maximum absolute atomic E-state index is 13.3. The largest absolute Gasteiger partial charge is 0.326 e. The molecule has 0 saturated heterocycles. The van der Waals surface area contributed by atoms with Gasteiger partial charge in [0, 0.05) is 22.9 Å². The minimum atomic E-state index is -0.265. The fourth-order valence-corrected chi connectivity index (χ4v) is 5.18. The van der Waals surface area contributed by atoms with E-state index in [0.29, 0.717) is 27.0 Å². The number of carbonyl (C=O) groups excluding carboxylic acids is 1. The first-order valence-electron chi connectivity index (χ1n) is 10.2. The monoisotopic (exact) mass is 465 g/mol. The summed E-state index contributed by atoms with van der Waals surface area (Å²) in [6.45, 7) is 3.94. The quantitative estimate of drug-likeness (QED) is 0.448. The summed E-state index contributed by atoms with van der Waals surface area (Å²) in [6, 6.07) is 12.9. The van der Waals surface area contributed by atoms with Crippen molar-refractivity contribution in [2.24, 2.45) is 0 Å². The van der Waals surface area contributed by atoms with Crippen LogP contribution in [-0.2, 0) is 4.79 Å². The van der Waals surface area contributed by atoms with Gasteiger partial charge in [-0.25, -0.2) is 9.67 Å². The first-order chi connectivity index (χ1) is 15.4. The van der Waals surface area contributed by atoms with Crippen LogP contribution in [0.25, 0.3) is 16.7 Å². The molecule has 0 radical (unpaired) electrons. The van der Waals surface area contributed by atoms with Gasteiger partial charge in [0.05, 0.1) is 17.9 Å². The van der Waals surface area contributed by atoms with Crippen LogP contribution in [0.5, 0.6) is 0 Å². The van der Waals surface area contributed by atoms with E-state index in [2.05, 4.69) is 10.4 Å². The lowest BCUT2D eigenvalue weighted by Gasteiger charge is -2.14. The van der Waals surface area contributed by atoms with Gasteiger partial charge >= 0.3 is 0 Å². The maximum atomic E-state index is 13.3. The number of halogens is 1. The first-order valence-corrected chi connectivity index (χ1v) is 11.5. The van der Waals surface area contributed by atoms with Crippen molar-refractivity contribution >= 4 is 46.0 Å². The number of benzene rings is 2. The van der Waals surface area contributed by atoms with Gasteiger partial charge in [-0.15, -0.1) is 0 Å². The summed E-state index contributed by atoms with van der Waals surface area (Å²) in [4.78, 5) is 30.7. The molecule has 32 heavy (non-hydrogen) atoms. The molecular weight excluding hydrogens is 446 g/mol. The summed E-state index contributed by atoms with van der Waals surface area (Å²) in [5.41, 5.74) is 3.90. The number of rotatable bonds is 4. The smallest absolute Gasteiger partial charge is 0.265 e. The number of anilines is 1. The molecule has 0 fully saturated rings. The van der Waals surface area contributed by atoms with E-state index in [4.69, 9.17) is 16.6 Å². The van der Waals surface area contributed by atoms with Crippen molar-refractivity contribution in [3.63, 3.8) is 0 Å². The van der Waals surface area contributed by atoms with Gasteiger partial charge in [0.1, 0.15) is 5.39 Å². The van der Waals surface area contributed by atoms with Gasteiger partial charge in [0.2, 0.25) is 5.91 Å². The Morgan fingerprint density at radius 1 is 1.25 bits per heavy atom. The van der Waals surface area contributed by atoms with Crippen LogP contribution in [0.2, 0.25) is 5.02 Å². The number of thioether (sulfide) groups is 1. The minimum Gasteiger partial charge on any atom is -0.326 e. The molecule has 1 unspecified atom stereocenters. The molecule has 2 aromatic heterocycles. The highest BCUT2D eigenvalue weighted by molar-refractivity contribution is 7.99. The van der Waals surface area contributed by atoms with Gasteiger partial charge in [-0.3, -0.25) is 14.2 Å². The molecule has 3 heterocycles. The van der Waals surface area contributed by atoms with Crippen LogP contribution in [0, 0.1) is 13.8 Å². The van der Waals surface area contributed by atoms with Crippen LogP contribution in [0.1, 0.15) is 23.6 Å². The summed E-state index contributed by atoms with van der Waals surface area (Å²) in [6.07, 6.45) is 1.72. The maximum Gasteiger partial charge on any atom is 0.265 e. The van der Waals surface area contributed by atoms with Crippen molar-refractivity contribution in [1.82, 2.24) is 19.3 Å². The van der Waals surface area contributed by atoms with Crippen LogP contribution in [0.15, 0.2) is 58.6 Å². The molecule has 0 saturated carbocycles. The minimum absolute atomic E-state index is 0.126. The van der Waals surface area contributed by atoms with Crippen molar-refractivity contribution in [3.8, 4) is 5.69 Å². The second-order valence-corrected chi connectivity index (χ2v) is 9.30. The van der Waals surface area contributed by atoms with E-state index in [1.807, 2.05) is 44.2 Å². The number of carbonyl (C=O) groups is 1. The molecule has 1 amide bonds. The molecular formula is C23H20ClN5O2S. The molecule has 162 valence electrons. The summed E-state index contributed by atoms with van der Waals surface area (Å²) in [7, 11) is 0. The highest BCUT2D eigenvalue weighted by Crippen LogP contribution is 2.34. The second-order valence-electron chi connectivity index (χ2n) is 7.88. The van der Waals surface area contributed by atoms with Crippen LogP contribution in [0.4, 0.5) is 5.69 Å². The molecule has 1 N–H and O–H groups in total. The Morgan fingerprint density at radius 3 is 2.91 bits per heavy atom. The van der Waals surface area contributed by atoms with Gasteiger partial charge in [-0.1, -0.05) is 41.6 Å². The summed E-state index contributed by atoms with van der Waals surface area (Å²) < 4.78 is 3.24. The van der Waals surface area contributed by atoms with E-state index in [1.165, 1.54) is 18.0 Å². The lowest BCUT2D eigenvalue weighted by molar-refractivity contribution is -0.116. The van der Waals surface area contributed by atoms with Gasteiger partial charge in [0.15, 0.2) is 10.8 Å². The van der Waals surface area contributed by atoms with Crippen molar-refractivity contribution in [3.05, 3.63) is 75.2 Å². The fraction of sp³-hybridized carbons (Fsp3) is 0.217. The Hall–Kier alpha value is -3.10. The lowest BCUT2D eigenvalue weighted by atomic mass is 10.1. The van der Waals surface area contributed by atoms with E-state index in [0.717, 1.165) is 22.5 Å². The van der Waals surface area contributed by atoms with E-state index in [-0.39, 0.29) is 23.9 Å².